The number of para-hydroxylation sites is 1. The van der Waals surface area contributed by atoms with Gasteiger partial charge in [-0.3, -0.25) is 19.5 Å². The van der Waals surface area contributed by atoms with Gasteiger partial charge in [-0.15, -0.1) is 0 Å². The Morgan fingerprint density at radius 3 is 2.71 bits per heavy atom. The lowest BCUT2D eigenvalue weighted by Crippen LogP contribution is -2.34. The fourth-order valence-corrected chi connectivity index (χ4v) is 8.18. The number of hydrogen-bond acceptors (Lipinski definition) is 12. The number of aliphatic imine (C=N–C) groups is 1. The highest BCUT2D eigenvalue weighted by Gasteiger charge is 2.52. The summed E-state index contributed by atoms with van der Waals surface area (Å²) in [5.41, 5.74) is 7.24. The zero-order valence-electron chi connectivity index (χ0n) is 26.2. The number of hydrogen-bond donors (Lipinski definition) is 3. The fraction of sp³-hybridized carbons (Fsp3) is 0.548. The third-order valence-corrected chi connectivity index (χ3v) is 10.9. The molecule has 2 aromatic rings. The molecule has 2 aliphatic carbocycles. The lowest BCUT2D eigenvalue weighted by molar-refractivity contribution is -0.152. The van der Waals surface area contributed by atoms with E-state index in [0.29, 0.717) is 24.2 Å². The summed E-state index contributed by atoms with van der Waals surface area (Å²) in [6.45, 7) is 4.29. The molecule has 1 aromatic carbocycles. The summed E-state index contributed by atoms with van der Waals surface area (Å²) in [5, 5.41) is 6.60. The Hall–Kier alpha value is -3.25. The number of guanidine groups is 1. The lowest BCUT2D eigenvalue weighted by atomic mass is 10.1. The van der Waals surface area contributed by atoms with Crippen LogP contribution < -0.4 is 20.9 Å². The van der Waals surface area contributed by atoms with Crippen molar-refractivity contribution in [3.8, 4) is 5.75 Å². The summed E-state index contributed by atoms with van der Waals surface area (Å²) < 4.78 is 25.8. The molecule has 2 saturated carbocycles. The minimum atomic E-state index is -3.06. The second-order valence-electron chi connectivity index (χ2n) is 12.2. The molecule has 0 spiro atoms. The average molecular weight is 659 g/mol. The van der Waals surface area contributed by atoms with Crippen LogP contribution in [0.2, 0.25) is 0 Å². The van der Waals surface area contributed by atoms with Gasteiger partial charge in [-0.25, -0.2) is 9.98 Å². The first kappa shape index (κ1) is 33.1. The molecular formula is C31H43N6O6PS. The van der Waals surface area contributed by atoms with Crippen LogP contribution >= 0.6 is 6.49 Å². The van der Waals surface area contributed by atoms with Gasteiger partial charge >= 0.3 is 11.9 Å². The SMILES string of the molecule is CCC[C@H](C)OC(=O)[C@H](C)C[P@](=S)(OC[C@@]1(COC(C)=O)C/C1=C/n1cnc2c1NC(N)=NC2NC1CC1)Oc1ccccc1. The lowest BCUT2D eigenvalue weighted by Gasteiger charge is -2.28. The summed E-state index contributed by atoms with van der Waals surface area (Å²) in [6.07, 6.45) is 7.87. The zero-order valence-corrected chi connectivity index (χ0v) is 27.9. The van der Waals surface area contributed by atoms with Gasteiger partial charge < -0.3 is 29.6 Å². The number of ether oxygens (including phenoxy) is 2. The van der Waals surface area contributed by atoms with E-state index in [9.17, 15) is 9.59 Å². The van der Waals surface area contributed by atoms with Crippen molar-refractivity contribution in [2.75, 3.05) is 24.7 Å². The van der Waals surface area contributed by atoms with Gasteiger partial charge in [0.1, 0.15) is 36.4 Å². The Kier molecular flexibility index (Phi) is 10.3. The molecule has 14 heteroatoms. The number of rotatable bonds is 16. The summed E-state index contributed by atoms with van der Waals surface area (Å²) in [6, 6.07) is 9.63. The van der Waals surface area contributed by atoms with E-state index >= 15 is 0 Å². The summed E-state index contributed by atoms with van der Waals surface area (Å²) >= 11 is 6.05. The van der Waals surface area contributed by atoms with Crippen LogP contribution in [0.1, 0.15) is 71.7 Å². The van der Waals surface area contributed by atoms with Crippen LogP contribution in [0.25, 0.3) is 6.20 Å². The van der Waals surface area contributed by atoms with Crippen molar-refractivity contribution in [2.45, 2.75) is 78.1 Å². The Balaban J connectivity index is 1.35. The predicted molar refractivity (Wildman–Crippen MR) is 176 cm³/mol. The van der Waals surface area contributed by atoms with Gasteiger partial charge in [-0.05, 0) is 62.1 Å². The minimum Gasteiger partial charge on any atom is -0.465 e. The molecule has 0 radical (unpaired) electrons. The number of aromatic nitrogens is 2. The second kappa shape index (κ2) is 14.0. The van der Waals surface area contributed by atoms with Gasteiger partial charge in [-0.1, -0.05) is 38.5 Å². The molecule has 45 heavy (non-hydrogen) atoms. The molecule has 244 valence electrons. The average Bonchev–Trinajstić information content (AvgIpc) is 3.89. The van der Waals surface area contributed by atoms with Crippen molar-refractivity contribution in [1.82, 2.24) is 14.9 Å². The number of carbonyl (C=O) groups excluding carboxylic acids is 2. The molecule has 2 fully saturated rings. The molecule has 12 nitrogen and oxygen atoms in total. The highest BCUT2D eigenvalue weighted by molar-refractivity contribution is 8.10. The van der Waals surface area contributed by atoms with Gasteiger partial charge in [-0.2, -0.15) is 0 Å². The monoisotopic (exact) mass is 658 g/mol. The van der Waals surface area contributed by atoms with Gasteiger partial charge in [0, 0.05) is 25.3 Å². The fourth-order valence-electron chi connectivity index (χ4n) is 5.16. The van der Waals surface area contributed by atoms with Crippen LogP contribution in [0.15, 0.2) is 47.2 Å². The Labute approximate surface area is 269 Å². The first-order chi connectivity index (χ1) is 21.5. The van der Waals surface area contributed by atoms with E-state index in [1.807, 2.05) is 54.9 Å². The number of anilines is 1. The maximum Gasteiger partial charge on any atom is 0.309 e. The van der Waals surface area contributed by atoms with E-state index in [4.69, 9.17) is 36.1 Å². The van der Waals surface area contributed by atoms with Crippen molar-refractivity contribution in [2.24, 2.45) is 22.1 Å². The molecule has 2 heterocycles. The van der Waals surface area contributed by atoms with Gasteiger partial charge in [0.15, 0.2) is 5.96 Å². The normalized spacial score (nSPS) is 24.0. The largest absolute Gasteiger partial charge is 0.465 e. The van der Waals surface area contributed by atoms with Crippen molar-refractivity contribution in [3.63, 3.8) is 0 Å². The van der Waals surface area contributed by atoms with Crippen molar-refractivity contribution < 1.29 is 28.1 Å². The molecule has 1 aromatic heterocycles. The molecule has 0 bridgehead atoms. The number of nitrogens with two attached hydrogens (primary N) is 1. The number of nitrogens with zero attached hydrogens (tertiary/aromatic N) is 3. The minimum absolute atomic E-state index is 0.112. The predicted octanol–water partition coefficient (Wildman–Crippen LogP) is 4.94. The van der Waals surface area contributed by atoms with Crippen LogP contribution in [0.4, 0.5) is 5.82 Å². The summed E-state index contributed by atoms with van der Waals surface area (Å²) in [4.78, 5) is 33.9. The van der Waals surface area contributed by atoms with Crippen molar-refractivity contribution in [1.29, 1.82) is 0 Å². The standard InChI is InChI=1S/C31H43N6O6PS/c1-5-9-21(3)42-29(39)20(2)16-44(45,43-25-10-7-6-8-11-25)41-18-31(17-40-22(4)38)14-23(31)15-37-19-33-26-27(34-24-12-13-24)35-30(32)36-28(26)37/h6-8,10-11,15,19-21,24,27,34H,5,9,12-14,16-18H2,1-4H3,(H3,32,35,36)/b23-15-/t20-,21+,27?,31+,44+/m1/s1. The quantitative estimate of drug-likeness (QED) is 0.166. The number of fused-ring (bicyclic) bond motifs is 1. The molecule has 1 aliphatic heterocycles. The number of imidazole rings is 1. The van der Waals surface area contributed by atoms with E-state index < -0.39 is 23.8 Å². The molecule has 1 unspecified atom stereocenters. The highest BCUT2D eigenvalue weighted by atomic mass is 32.5. The summed E-state index contributed by atoms with van der Waals surface area (Å²) in [5.74, 6) is 0.335. The molecule has 5 rings (SSSR count). The van der Waals surface area contributed by atoms with Crippen LogP contribution in [0.3, 0.4) is 0 Å². The number of benzene rings is 1. The molecule has 4 N–H and O–H groups in total. The second-order valence-corrected chi connectivity index (χ2v) is 15.9. The van der Waals surface area contributed by atoms with Gasteiger partial charge in [0.25, 0.3) is 0 Å². The smallest absolute Gasteiger partial charge is 0.309 e. The molecular weight excluding hydrogens is 615 g/mol. The Bertz CT molecular complexity index is 1490. The van der Waals surface area contributed by atoms with Crippen LogP contribution in [-0.4, -0.2) is 59.0 Å². The van der Waals surface area contributed by atoms with E-state index in [2.05, 4.69) is 20.6 Å². The number of nitrogens with one attached hydrogen (secondary N) is 2. The van der Waals surface area contributed by atoms with E-state index in [-0.39, 0.29) is 37.6 Å². The third kappa shape index (κ3) is 8.72. The number of carbonyl (C=O) groups is 2. The van der Waals surface area contributed by atoms with Crippen LogP contribution in [-0.2, 0) is 35.4 Å². The molecule has 0 amide bonds. The van der Waals surface area contributed by atoms with E-state index in [1.165, 1.54) is 6.92 Å². The van der Waals surface area contributed by atoms with Crippen molar-refractivity contribution in [3.05, 3.63) is 47.9 Å². The molecule has 0 saturated heterocycles. The van der Waals surface area contributed by atoms with Gasteiger partial charge in [0.2, 0.25) is 6.49 Å². The topological polar surface area (TPSA) is 151 Å². The molecule has 5 atom stereocenters. The molecule has 3 aliphatic rings. The first-order valence-electron chi connectivity index (χ1n) is 15.5. The Morgan fingerprint density at radius 2 is 2.02 bits per heavy atom. The Morgan fingerprint density at radius 1 is 1.27 bits per heavy atom. The third-order valence-electron chi connectivity index (χ3n) is 7.94. The first-order valence-corrected chi connectivity index (χ1v) is 18.3. The van der Waals surface area contributed by atoms with Gasteiger partial charge in [0.05, 0.1) is 24.0 Å². The van der Waals surface area contributed by atoms with Crippen LogP contribution in [0, 0.1) is 11.3 Å². The van der Waals surface area contributed by atoms with E-state index in [1.54, 1.807) is 13.3 Å². The van der Waals surface area contributed by atoms with Crippen LogP contribution in [0.5, 0.6) is 5.75 Å². The summed E-state index contributed by atoms with van der Waals surface area (Å²) in [7, 11) is 0. The highest BCUT2D eigenvalue weighted by Crippen LogP contribution is 2.58. The van der Waals surface area contributed by atoms with Crippen molar-refractivity contribution >= 4 is 48.2 Å². The number of esters is 2. The maximum absolute atomic E-state index is 12.9. The maximum atomic E-state index is 12.9. The zero-order chi connectivity index (χ0) is 32.2. The van der Waals surface area contributed by atoms with E-state index in [0.717, 1.165) is 42.8 Å².